The molecule has 0 aliphatic carbocycles. The largest absolute Gasteiger partial charge is 0.397 e. The fourth-order valence-corrected chi connectivity index (χ4v) is 1.41. The smallest absolute Gasteiger partial charge is 0.131 e. The SMILES string of the molecule is Cc1cnc2c(N)cc(Cl)nc2c1. The van der Waals surface area contributed by atoms with Crippen LogP contribution in [0.15, 0.2) is 18.3 Å². The first-order valence-electron chi connectivity index (χ1n) is 3.85. The van der Waals surface area contributed by atoms with Crippen LogP contribution in [0.5, 0.6) is 0 Å². The summed E-state index contributed by atoms with van der Waals surface area (Å²) < 4.78 is 0. The molecule has 2 heterocycles. The lowest BCUT2D eigenvalue weighted by atomic mass is 10.2. The first-order chi connectivity index (χ1) is 6.16. The molecule has 4 heteroatoms. The van der Waals surface area contributed by atoms with Gasteiger partial charge in [0.1, 0.15) is 10.7 Å². The van der Waals surface area contributed by atoms with E-state index in [1.54, 1.807) is 12.3 Å². The number of anilines is 1. The molecule has 0 saturated heterocycles. The van der Waals surface area contributed by atoms with Crippen molar-refractivity contribution in [3.63, 3.8) is 0 Å². The third kappa shape index (κ3) is 1.42. The number of nitrogens with zero attached hydrogens (tertiary/aromatic N) is 2. The molecule has 3 nitrogen and oxygen atoms in total. The number of pyridine rings is 2. The van der Waals surface area contributed by atoms with Gasteiger partial charge in [0, 0.05) is 12.3 Å². The van der Waals surface area contributed by atoms with Crippen molar-refractivity contribution in [3.8, 4) is 0 Å². The summed E-state index contributed by atoms with van der Waals surface area (Å²) in [5, 5.41) is 0.400. The van der Waals surface area contributed by atoms with Crippen molar-refractivity contribution in [1.29, 1.82) is 0 Å². The van der Waals surface area contributed by atoms with Crippen molar-refractivity contribution < 1.29 is 0 Å². The van der Waals surface area contributed by atoms with Crippen LogP contribution in [0.2, 0.25) is 5.15 Å². The van der Waals surface area contributed by atoms with Gasteiger partial charge in [0.05, 0.1) is 11.2 Å². The summed E-state index contributed by atoms with van der Waals surface area (Å²) in [5.74, 6) is 0. The third-order valence-electron chi connectivity index (χ3n) is 1.78. The molecule has 0 aliphatic heterocycles. The molecular weight excluding hydrogens is 186 g/mol. The number of aryl methyl sites for hydroxylation is 1. The highest BCUT2D eigenvalue weighted by Gasteiger charge is 2.02. The van der Waals surface area contributed by atoms with Gasteiger partial charge in [-0.3, -0.25) is 4.98 Å². The first kappa shape index (κ1) is 8.26. The van der Waals surface area contributed by atoms with Gasteiger partial charge in [-0.15, -0.1) is 0 Å². The minimum Gasteiger partial charge on any atom is -0.397 e. The summed E-state index contributed by atoms with van der Waals surface area (Å²) in [6.07, 6.45) is 1.76. The molecule has 0 amide bonds. The molecular formula is C9H8ClN3. The van der Waals surface area contributed by atoms with Crippen molar-refractivity contribution in [2.24, 2.45) is 0 Å². The van der Waals surface area contributed by atoms with E-state index in [9.17, 15) is 0 Å². The van der Waals surface area contributed by atoms with Crippen molar-refractivity contribution in [1.82, 2.24) is 9.97 Å². The van der Waals surface area contributed by atoms with E-state index in [4.69, 9.17) is 17.3 Å². The number of rotatable bonds is 0. The van der Waals surface area contributed by atoms with Crippen molar-refractivity contribution in [3.05, 3.63) is 29.0 Å². The molecule has 2 aromatic heterocycles. The Labute approximate surface area is 80.6 Å². The Balaban J connectivity index is 2.86. The Morgan fingerprint density at radius 3 is 2.92 bits per heavy atom. The molecule has 0 spiro atoms. The van der Waals surface area contributed by atoms with Gasteiger partial charge in [-0.2, -0.15) is 0 Å². The Morgan fingerprint density at radius 1 is 1.38 bits per heavy atom. The molecule has 66 valence electrons. The number of nitrogen functional groups attached to an aromatic ring is 1. The van der Waals surface area contributed by atoms with Crippen LogP contribution < -0.4 is 5.73 Å². The molecule has 0 aliphatic rings. The highest BCUT2D eigenvalue weighted by Crippen LogP contribution is 2.20. The minimum atomic E-state index is 0.400. The van der Waals surface area contributed by atoms with Gasteiger partial charge in [-0.25, -0.2) is 4.98 Å². The van der Waals surface area contributed by atoms with Gasteiger partial charge >= 0.3 is 0 Å². The van der Waals surface area contributed by atoms with Gasteiger partial charge in [0.15, 0.2) is 0 Å². The lowest BCUT2D eigenvalue weighted by Crippen LogP contribution is -1.92. The zero-order chi connectivity index (χ0) is 9.42. The molecule has 13 heavy (non-hydrogen) atoms. The van der Waals surface area contributed by atoms with E-state index < -0.39 is 0 Å². The monoisotopic (exact) mass is 193 g/mol. The maximum absolute atomic E-state index is 5.76. The standard InChI is InChI=1S/C9H8ClN3/c1-5-2-7-9(12-4-5)6(11)3-8(10)13-7/h2-4H,1H3,(H2,11,13). The highest BCUT2D eigenvalue weighted by molar-refractivity contribution is 6.30. The van der Waals surface area contributed by atoms with Crippen LogP contribution >= 0.6 is 11.6 Å². The van der Waals surface area contributed by atoms with Crippen LogP contribution in [0.25, 0.3) is 11.0 Å². The second-order valence-electron chi connectivity index (χ2n) is 2.91. The Bertz CT molecular complexity index is 462. The second kappa shape index (κ2) is 2.85. The number of fused-ring (bicyclic) bond motifs is 1. The Hall–Kier alpha value is -1.35. The second-order valence-corrected chi connectivity index (χ2v) is 3.30. The fraction of sp³-hybridized carbons (Fsp3) is 0.111. The maximum Gasteiger partial charge on any atom is 0.131 e. The number of hydrogen-bond acceptors (Lipinski definition) is 3. The average molecular weight is 194 g/mol. The lowest BCUT2D eigenvalue weighted by Gasteiger charge is -2.01. The number of halogens is 1. The van der Waals surface area contributed by atoms with Crippen LogP contribution in [0.3, 0.4) is 0 Å². The highest BCUT2D eigenvalue weighted by atomic mass is 35.5. The fourth-order valence-electron chi connectivity index (χ4n) is 1.21. The molecule has 2 rings (SSSR count). The van der Waals surface area contributed by atoms with Gasteiger partial charge in [0.2, 0.25) is 0 Å². The summed E-state index contributed by atoms with van der Waals surface area (Å²) in [4.78, 5) is 8.30. The summed E-state index contributed by atoms with van der Waals surface area (Å²) in [6, 6.07) is 3.51. The maximum atomic E-state index is 5.76. The molecule has 0 aromatic carbocycles. The van der Waals surface area contributed by atoms with Crippen molar-refractivity contribution in [2.45, 2.75) is 6.92 Å². The van der Waals surface area contributed by atoms with E-state index in [-0.39, 0.29) is 0 Å². The predicted octanol–water partition coefficient (Wildman–Crippen LogP) is 2.17. The van der Waals surface area contributed by atoms with Crippen molar-refractivity contribution >= 4 is 28.3 Å². The summed E-state index contributed by atoms with van der Waals surface area (Å²) in [5.41, 5.74) is 8.77. The predicted molar refractivity (Wildman–Crippen MR) is 53.7 cm³/mol. The zero-order valence-electron chi connectivity index (χ0n) is 7.08. The third-order valence-corrected chi connectivity index (χ3v) is 1.97. The molecule has 2 aromatic rings. The molecule has 0 saturated carbocycles. The molecule has 0 unspecified atom stereocenters. The number of hydrogen-bond donors (Lipinski definition) is 1. The van der Waals surface area contributed by atoms with Gasteiger partial charge in [-0.05, 0) is 18.6 Å². The van der Waals surface area contributed by atoms with E-state index in [2.05, 4.69) is 9.97 Å². The summed E-state index contributed by atoms with van der Waals surface area (Å²) in [6.45, 7) is 1.95. The van der Waals surface area contributed by atoms with Crippen LogP contribution in [-0.2, 0) is 0 Å². The molecule has 2 N–H and O–H groups in total. The Kier molecular flexibility index (Phi) is 1.81. The topological polar surface area (TPSA) is 51.8 Å². The summed E-state index contributed by atoms with van der Waals surface area (Å²) >= 11 is 5.76. The number of aromatic nitrogens is 2. The normalized spacial score (nSPS) is 10.6. The van der Waals surface area contributed by atoms with E-state index in [0.717, 1.165) is 11.1 Å². The zero-order valence-corrected chi connectivity index (χ0v) is 7.84. The van der Waals surface area contributed by atoms with Gasteiger partial charge < -0.3 is 5.73 Å². The van der Waals surface area contributed by atoms with Gasteiger partial charge in [-0.1, -0.05) is 11.6 Å². The van der Waals surface area contributed by atoms with Crippen LogP contribution in [0, 0.1) is 6.92 Å². The minimum absolute atomic E-state index is 0.400. The van der Waals surface area contributed by atoms with E-state index in [0.29, 0.717) is 16.4 Å². The summed E-state index contributed by atoms with van der Waals surface area (Å²) in [7, 11) is 0. The van der Waals surface area contributed by atoms with E-state index in [1.165, 1.54) is 0 Å². The molecule has 0 bridgehead atoms. The van der Waals surface area contributed by atoms with E-state index in [1.807, 2.05) is 13.0 Å². The Morgan fingerprint density at radius 2 is 2.15 bits per heavy atom. The van der Waals surface area contributed by atoms with Crippen LogP contribution in [-0.4, -0.2) is 9.97 Å². The average Bonchev–Trinajstić information content (AvgIpc) is 2.02. The van der Waals surface area contributed by atoms with Crippen LogP contribution in [0.4, 0.5) is 5.69 Å². The van der Waals surface area contributed by atoms with E-state index >= 15 is 0 Å². The quantitative estimate of drug-likeness (QED) is 0.653. The van der Waals surface area contributed by atoms with Gasteiger partial charge in [0.25, 0.3) is 0 Å². The molecule has 0 fully saturated rings. The van der Waals surface area contributed by atoms with Crippen LogP contribution in [0.1, 0.15) is 5.56 Å². The number of nitrogens with two attached hydrogens (primary N) is 1. The lowest BCUT2D eigenvalue weighted by molar-refractivity contribution is 1.29. The molecule has 0 atom stereocenters. The first-order valence-corrected chi connectivity index (χ1v) is 4.23. The van der Waals surface area contributed by atoms with Crippen molar-refractivity contribution in [2.75, 3.05) is 5.73 Å². The molecule has 0 radical (unpaired) electrons.